The molecule has 0 unspecified atom stereocenters. The summed E-state index contributed by atoms with van der Waals surface area (Å²) in [4.78, 5) is 11.4. The van der Waals surface area contributed by atoms with E-state index in [1.54, 1.807) is 28.8 Å². The summed E-state index contributed by atoms with van der Waals surface area (Å²) < 4.78 is 78.4. The van der Waals surface area contributed by atoms with Crippen LogP contribution < -0.4 is 15.2 Å². The van der Waals surface area contributed by atoms with Crippen LogP contribution in [0.5, 0.6) is 5.75 Å². The highest BCUT2D eigenvalue weighted by molar-refractivity contribution is 7.92. The topological polar surface area (TPSA) is 124 Å². The van der Waals surface area contributed by atoms with E-state index in [2.05, 4.69) is 15.0 Å². The average Bonchev–Trinajstić information content (AvgIpc) is 3.23. The number of halogens is 3. The number of sulfonamides is 1. The van der Waals surface area contributed by atoms with Crippen molar-refractivity contribution < 1.29 is 26.3 Å². The number of anilines is 2. The number of imidazole rings is 1. The first kappa shape index (κ1) is 24.1. The highest BCUT2D eigenvalue weighted by Gasteiger charge is 2.27. The molecule has 0 saturated heterocycles. The van der Waals surface area contributed by atoms with Crippen LogP contribution in [-0.2, 0) is 10.0 Å². The number of methoxy groups -OCH3 is 1. The summed E-state index contributed by atoms with van der Waals surface area (Å²) in [7, 11) is -3.34. The van der Waals surface area contributed by atoms with Gasteiger partial charge in [-0.1, -0.05) is 12.1 Å². The van der Waals surface area contributed by atoms with Crippen molar-refractivity contribution in [2.75, 3.05) is 17.6 Å². The maximum atomic E-state index is 15.8. The van der Waals surface area contributed by atoms with Gasteiger partial charge in [-0.2, -0.15) is 0 Å². The lowest BCUT2D eigenvalue weighted by Gasteiger charge is -2.12. The molecule has 0 saturated carbocycles. The van der Waals surface area contributed by atoms with Gasteiger partial charge in [-0.25, -0.2) is 36.5 Å². The van der Waals surface area contributed by atoms with Crippen LogP contribution in [0, 0.1) is 17.5 Å². The van der Waals surface area contributed by atoms with Gasteiger partial charge in [-0.05, 0) is 36.4 Å². The molecule has 13 heteroatoms. The van der Waals surface area contributed by atoms with Crippen LogP contribution in [-0.4, -0.2) is 34.9 Å². The van der Waals surface area contributed by atoms with Gasteiger partial charge in [0.1, 0.15) is 28.7 Å². The molecule has 0 radical (unpaired) electrons. The monoisotopic (exact) mass is 526 g/mol. The highest BCUT2D eigenvalue weighted by Crippen LogP contribution is 2.36. The second-order valence-corrected chi connectivity index (χ2v) is 9.35. The number of nitrogens with zero attached hydrogens (tertiary/aromatic N) is 4. The van der Waals surface area contributed by atoms with Crippen LogP contribution >= 0.6 is 0 Å². The molecule has 0 aliphatic carbocycles. The smallest absolute Gasteiger partial charge is 0.267 e. The van der Waals surface area contributed by atoms with E-state index in [-0.39, 0.29) is 17.2 Å². The number of pyridine rings is 1. The molecular weight excluding hydrogens is 509 g/mol. The zero-order valence-electron chi connectivity index (χ0n) is 19.0. The van der Waals surface area contributed by atoms with Gasteiger partial charge in [0.05, 0.1) is 24.2 Å². The normalized spacial score (nSPS) is 11.6. The van der Waals surface area contributed by atoms with E-state index in [9.17, 15) is 17.2 Å². The summed E-state index contributed by atoms with van der Waals surface area (Å²) in [5.74, 6) is -3.20. The van der Waals surface area contributed by atoms with Crippen LogP contribution in [0.25, 0.3) is 28.3 Å². The first-order valence-electron chi connectivity index (χ1n) is 10.6. The molecule has 0 aliphatic rings. The van der Waals surface area contributed by atoms with E-state index >= 15 is 4.39 Å². The maximum absolute atomic E-state index is 15.8. The van der Waals surface area contributed by atoms with Gasteiger partial charge in [-0.15, -0.1) is 0 Å². The number of fused-ring (bicyclic) bond motifs is 1. The summed E-state index contributed by atoms with van der Waals surface area (Å²) in [5.41, 5.74) is 6.25. The Morgan fingerprint density at radius 2 is 1.73 bits per heavy atom. The van der Waals surface area contributed by atoms with E-state index < -0.39 is 38.1 Å². The molecule has 2 aromatic carbocycles. The SMILES string of the molecule is COc1ccn2c(-c3ccnc(N)n3)c(-c3cccc(NS(=O)(=O)c4c(F)cccc4F)c3F)nc2c1. The standard InChI is InChI=1S/C24H17F3N6O3S/c1-36-13-9-11-33-19(12-13)31-21(22(33)18-8-10-29-24(28)30-18)14-4-2-7-17(20(14)27)32-37(34,35)23-15(25)5-3-6-16(23)26/h2-12,32H,1H3,(H2,28,29,30). The van der Waals surface area contributed by atoms with Crippen molar-refractivity contribution in [2.24, 2.45) is 0 Å². The Balaban J connectivity index is 1.69. The first-order valence-corrected chi connectivity index (χ1v) is 12.1. The molecule has 5 rings (SSSR count). The fraction of sp³-hybridized carbons (Fsp3) is 0.0417. The molecule has 188 valence electrons. The van der Waals surface area contributed by atoms with Gasteiger partial charge < -0.3 is 10.5 Å². The third-order valence-corrected chi connectivity index (χ3v) is 6.85. The van der Waals surface area contributed by atoms with E-state index in [0.29, 0.717) is 22.8 Å². The number of ether oxygens (including phenoxy) is 1. The number of nitrogens with one attached hydrogen (secondary N) is 1. The molecule has 9 nitrogen and oxygen atoms in total. The molecule has 37 heavy (non-hydrogen) atoms. The molecule has 0 atom stereocenters. The van der Waals surface area contributed by atoms with Crippen molar-refractivity contribution >= 4 is 27.3 Å². The number of hydrogen-bond acceptors (Lipinski definition) is 7. The van der Waals surface area contributed by atoms with Crippen molar-refractivity contribution in [3.05, 3.63) is 84.4 Å². The number of benzene rings is 2. The fourth-order valence-electron chi connectivity index (χ4n) is 3.82. The second kappa shape index (κ2) is 9.09. The Morgan fingerprint density at radius 3 is 2.43 bits per heavy atom. The largest absolute Gasteiger partial charge is 0.497 e. The summed E-state index contributed by atoms with van der Waals surface area (Å²) in [6.07, 6.45) is 3.07. The Kier molecular flexibility index (Phi) is 5.91. The number of nitrogen functional groups attached to an aromatic ring is 1. The second-order valence-electron chi connectivity index (χ2n) is 7.73. The highest BCUT2D eigenvalue weighted by atomic mass is 32.2. The van der Waals surface area contributed by atoms with Gasteiger partial charge >= 0.3 is 0 Å². The van der Waals surface area contributed by atoms with Crippen LogP contribution in [0.4, 0.5) is 24.8 Å². The molecule has 0 bridgehead atoms. The molecule has 5 aromatic rings. The van der Waals surface area contributed by atoms with Crippen LogP contribution in [0.1, 0.15) is 0 Å². The minimum Gasteiger partial charge on any atom is -0.497 e. The average molecular weight is 527 g/mol. The molecule has 0 amide bonds. The Morgan fingerprint density at radius 1 is 1.00 bits per heavy atom. The Bertz CT molecular complexity index is 1760. The fourth-order valence-corrected chi connectivity index (χ4v) is 5.02. The van der Waals surface area contributed by atoms with E-state index in [0.717, 1.165) is 24.3 Å². The Hall–Kier alpha value is -4.65. The molecule has 0 spiro atoms. The molecule has 3 aromatic heterocycles. The van der Waals surface area contributed by atoms with Gasteiger partial charge in [0.15, 0.2) is 10.7 Å². The predicted molar refractivity (Wildman–Crippen MR) is 130 cm³/mol. The zero-order chi connectivity index (χ0) is 26.3. The van der Waals surface area contributed by atoms with Crippen molar-refractivity contribution in [3.63, 3.8) is 0 Å². The maximum Gasteiger partial charge on any atom is 0.267 e. The van der Waals surface area contributed by atoms with Gasteiger partial charge in [0.2, 0.25) is 5.95 Å². The lowest BCUT2D eigenvalue weighted by atomic mass is 10.1. The van der Waals surface area contributed by atoms with E-state index in [4.69, 9.17) is 10.5 Å². The quantitative estimate of drug-likeness (QED) is 0.339. The number of nitrogens with two attached hydrogens (primary N) is 1. The third-order valence-electron chi connectivity index (χ3n) is 5.44. The first-order chi connectivity index (χ1) is 17.7. The van der Waals surface area contributed by atoms with Crippen molar-refractivity contribution in [2.45, 2.75) is 4.90 Å². The minimum atomic E-state index is -4.82. The molecule has 0 aliphatic heterocycles. The van der Waals surface area contributed by atoms with Crippen LogP contribution in [0.2, 0.25) is 0 Å². The lowest BCUT2D eigenvalue weighted by molar-refractivity contribution is 0.414. The number of hydrogen-bond donors (Lipinski definition) is 2. The molecule has 0 fully saturated rings. The third kappa shape index (κ3) is 4.29. The Labute approximate surface area is 208 Å². The van der Waals surface area contributed by atoms with Crippen molar-refractivity contribution in [1.29, 1.82) is 0 Å². The summed E-state index contributed by atoms with van der Waals surface area (Å²) in [6.45, 7) is 0. The van der Waals surface area contributed by atoms with Gasteiger partial charge in [0, 0.05) is 24.0 Å². The summed E-state index contributed by atoms with van der Waals surface area (Å²) in [6, 6.07) is 11.3. The summed E-state index contributed by atoms with van der Waals surface area (Å²) in [5, 5.41) is 0. The van der Waals surface area contributed by atoms with E-state index in [1.807, 2.05) is 4.72 Å². The van der Waals surface area contributed by atoms with Crippen LogP contribution in [0.15, 0.2) is 71.9 Å². The van der Waals surface area contributed by atoms with E-state index in [1.165, 1.54) is 25.4 Å². The minimum absolute atomic E-state index is 0.0270. The van der Waals surface area contributed by atoms with Gasteiger partial charge in [0.25, 0.3) is 10.0 Å². The van der Waals surface area contributed by atoms with Crippen LogP contribution in [0.3, 0.4) is 0 Å². The number of aromatic nitrogens is 4. The summed E-state index contributed by atoms with van der Waals surface area (Å²) >= 11 is 0. The molecule has 3 heterocycles. The molecular formula is C24H17F3N6O3S. The predicted octanol–water partition coefficient (Wildman–Crippen LogP) is 4.27. The zero-order valence-corrected chi connectivity index (χ0v) is 19.8. The number of rotatable bonds is 6. The van der Waals surface area contributed by atoms with Gasteiger partial charge in [-0.3, -0.25) is 9.12 Å². The lowest BCUT2D eigenvalue weighted by Crippen LogP contribution is -2.17. The molecule has 3 N–H and O–H groups in total. The van der Waals surface area contributed by atoms with Crippen molar-refractivity contribution in [3.8, 4) is 28.4 Å². The van der Waals surface area contributed by atoms with Crippen molar-refractivity contribution in [1.82, 2.24) is 19.4 Å².